The van der Waals surface area contributed by atoms with Crippen LogP contribution in [0, 0.1) is 0 Å². The quantitative estimate of drug-likeness (QED) is 0.727. The molecule has 2 atom stereocenters. The first-order valence-electron chi connectivity index (χ1n) is 8.72. The number of rotatable bonds is 4. The molecule has 1 amide bonds. The first-order valence-corrected chi connectivity index (χ1v) is 8.72. The van der Waals surface area contributed by atoms with Gasteiger partial charge in [0.25, 0.3) is 5.91 Å². The Labute approximate surface area is 152 Å². The van der Waals surface area contributed by atoms with E-state index in [2.05, 4.69) is 15.6 Å². The molecule has 0 spiro atoms. The van der Waals surface area contributed by atoms with Crippen LogP contribution in [0.5, 0.6) is 0 Å². The number of hydrogen-bond acceptors (Lipinski definition) is 3. The number of benzene rings is 2. The van der Waals surface area contributed by atoms with E-state index in [0.717, 1.165) is 23.2 Å². The molecule has 3 aromatic rings. The van der Waals surface area contributed by atoms with Crippen LogP contribution >= 0.6 is 0 Å². The van der Waals surface area contributed by atoms with Crippen molar-refractivity contribution in [3.63, 3.8) is 0 Å². The normalized spacial score (nSPS) is 17.6. The third-order valence-corrected chi connectivity index (χ3v) is 4.91. The zero-order valence-corrected chi connectivity index (χ0v) is 14.7. The molecule has 2 heterocycles. The third kappa shape index (κ3) is 3.02. The van der Waals surface area contributed by atoms with E-state index in [1.165, 1.54) is 0 Å². The fraction of sp³-hybridized carbons (Fsp3) is 0.238. The lowest BCUT2D eigenvalue weighted by Crippen LogP contribution is -2.43. The Bertz CT molecular complexity index is 877. The van der Waals surface area contributed by atoms with Crippen molar-refractivity contribution >= 4 is 11.6 Å². The van der Waals surface area contributed by atoms with Crippen LogP contribution in [0.15, 0.2) is 73.3 Å². The van der Waals surface area contributed by atoms with Crippen molar-refractivity contribution in [2.24, 2.45) is 0 Å². The maximum Gasteiger partial charge on any atom is 0.260 e. The number of carbonyl (C=O) groups excluding carboxylic acids is 1. The summed E-state index contributed by atoms with van der Waals surface area (Å²) >= 11 is 0. The minimum atomic E-state index is -0.620. The second kappa shape index (κ2) is 7.14. The summed E-state index contributed by atoms with van der Waals surface area (Å²) < 4.78 is 7.65. The van der Waals surface area contributed by atoms with Crippen molar-refractivity contribution in [1.82, 2.24) is 9.55 Å². The van der Waals surface area contributed by atoms with Gasteiger partial charge in [-0.15, -0.1) is 0 Å². The van der Waals surface area contributed by atoms with Crippen molar-refractivity contribution in [2.45, 2.75) is 18.6 Å². The number of amides is 1. The van der Waals surface area contributed by atoms with Crippen LogP contribution in [-0.2, 0) is 16.0 Å². The molecule has 26 heavy (non-hydrogen) atoms. The number of nitrogens with zero attached hydrogens (tertiary/aromatic N) is 3. The molecule has 5 nitrogen and oxygen atoms in total. The molecule has 1 aromatic heterocycles. The van der Waals surface area contributed by atoms with Gasteiger partial charge in [-0.2, -0.15) is 0 Å². The predicted octanol–water partition coefficient (Wildman–Crippen LogP) is 3.40. The van der Waals surface area contributed by atoms with Crippen LogP contribution < -0.4 is 4.90 Å². The Morgan fingerprint density at radius 3 is 2.65 bits per heavy atom. The summed E-state index contributed by atoms with van der Waals surface area (Å²) in [6.07, 6.45) is 5.79. The van der Waals surface area contributed by atoms with E-state index in [9.17, 15) is 4.79 Å². The van der Waals surface area contributed by atoms with Gasteiger partial charge in [0.15, 0.2) is 6.10 Å². The lowest BCUT2D eigenvalue weighted by atomic mass is 9.96. The van der Waals surface area contributed by atoms with Gasteiger partial charge >= 0.3 is 0 Å². The second-order valence-corrected chi connectivity index (χ2v) is 6.47. The SMILES string of the molecule is COC(C(=O)N1CC(n2ccnc2)Cc2ccccc21)c1ccccc1. The van der Waals surface area contributed by atoms with Crippen LogP contribution in [0.4, 0.5) is 5.69 Å². The van der Waals surface area contributed by atoms with Crippen molar-refractivity contribution < 1.29 is 9.53 Å². The summed E-state index contributed by atoms with van der Waals surface area (Å²) in [4.78, 5) is 19.4. The van der Waals surface area contributed by atoms with Crippen molar-refractivity contribution in [3.05, 3.63) is 84.4 Å². The van der Waals surface area contributed by atoms with Crippen LogP contribution in [-0.4, -0.2) is 29.1 Å². The number of hydrogen-bond donors (Lipinski definition) is 0. The van der Waals surface area contributed by atoms with Crippen molar-refractivity contribution in [3.8, 4) is 0 Å². The lowest BCUT2D eigenvalue weighted by Gasteiger charge is -2.36. The maximum atomic E-state index is 13.4. The fourth-order valence-corrected chi connectivity index (χ4v) is 3.62. The first kappa shape index (κ1) is 16.5. The molecular formula is C21H21N3O2. The minimum Gasteiger partial charge on any atom is -0.367 e. The van der Waals surface area contributed by atoms with Crippen LogP contribution in [0.1, 0.15) is 23.3 Å². The Morgan fingerprint density at radius 1 is 1.15 bits per heavy atom. The summed E-state index contributed by atoms with van der Waals surface area (Å²) in [5.74, 6) is -0.0454. The van der Waals surface area contributed by atoms with E-state index < -0.39 is 6.10 Å². The molecule has 0 bridgehead atoms. The van der Waals surface area contributed by atoms with Gasteiger partial charge < -0.3 is 14.2 Å². The summed E-state index contributed by atoms with van der Waals surface area (Å²) in [6.45, 7) is 0.596. The van der Waals surface area contributed by atoms with E-state index in [-0.39, 0.29) is 11.9 Å². The number of fused-ring (bicyclic) bond motifs is 1. The average molecular weight is 347 g/mol. The molecular weight excluding hydrogens is 326 g/mol. The lowest BCUT2D eigenvalue weighted by molar-refractivity contribution is -0.128. The molecule has 2 aromatic carbocycles. The topological polar surface area (TPSA) is 47.4 Å². The zero-order valence-electron chi connectivity index (χ0n) is 14.7. The van der Waals surface area contributed by atoms with E-state index in [1.54, 1.807) is 13.3 Å². The van der Waals surface area contributed by atoms with Gasteiger partial charge in [-0.3, -0.25) is 4.79 Å². The monoisotopic (exact) mass is 347 g/mol. The summed E-state index contributed by atoms with van der Waals surface area (Å²) in [6, 6.07) is 17.9. The maximum absolute atomic E-state index is 13.4. The molecule has 2 unspecified atom stereocenters. The van der Waals surface area contributed by atoms with Gasteiger partial charge in [0.2, 0.25) is 0 Å². The van der Waals surface area contributed by atoms with E-state index in [4.69, 9.17) is 4.74 Å². The number of methoxy groups -OCH3 is 1. The van der Waals surface area contributed by atoms with E-state index >= 15 is 0 Å². The smallest absolute Gasteiger partial charge is 0.260 e. The zero-order chi connectivity index (χ0) is 17.9. The number of imidazole rings is 1. The molecule has 5 heteroatoms. The fourth-order valence-electron chi connectivity index (χ4n) is 3.62. The first-order chi connectivity index (χ1) is 12.8. The average Bonchev–Trinajstić information content (AvgIpc) is 3.23. The standard InChI is InChI=1S/C21H21N3O2/c1-26-20(16-7-3-2-4-8-16)21(25)24-14-18(23-12-11-22-15-23)13-17-9-5-6-10-19(17)24/h2-12,15,18,20H,13-14H2,1H3. The molecule has 0 aliphatic carbocycles. The molecule has 0 saturated carbocycles. The number of para-hydroxylation sites is 1. The number of aromatic nitrogens is 2. The highest BCUT2D eigenvalue weighted by Crippen LogP contribution is 2.34. The van der Waals surface area contributed by atoms with Gasteiger partial charge in [-0.05, 0) is 23.6 Å². The number of carbonyl (C=O) groups is 1. The van der Waals surface area contributed by atoms with E-state index in [1.807, 2.05) is 66.0 Å². The van der Waals surface area contributed by atoms with Gasteiger partial charge in [-0.1, -0.05) is 48.5 Å². The minimum absolute atomic E-state index is 0.0454. The van der Waals surface area contributed by atoms with Crippen LogP contribution in [0.3, 0.4) is 0 Å². The molecule has 1 aliphatic rings. The largest absolute Gasteiger partial charge is 0.367 e. The number of anilines is 1. The highest BCUT2D eigenvalue weighted by Gasteiger charge is 2.33. The summed E-state index contributed by atoms with van der Waals surface area (Å²) in [5, 5.41) is 0. The number of ether oxygens (including phenoxy) is 1. The Hall–Kier alpha value is -2.92. The molecule has 4 rings (SSSR count). The Balaban J connectivity index is 1.70. The van der Waals surface area contributed by atoms with Gasteiger partial charge in [0.1, 0.15) is 0 Å². The molecule has 0 fully saturated rings. The van der Waals surface area contributed by atoms with Crippen LogP contribution in [0.25, 0.3) is 0 Å². The van der Waals surface area contributed by atoms with Gasteiger partial charge in [0, 0.05) is 31.7 Å². The Morgan fingerprint density at radius 2 is 1.92 bits per heavy atom. The molecule has 0 saturated heterocycles. The van der Waals surface area contributed by atoms with E-state index in [0.29, 0.717) is 6.54 Å². The highest BCUT2D eigenvalue weighted by atomic mass is 16.5. The molecule has 132 valence electrons. The van der Waals surface area contributed by atoms with Crippen LogP contribution in [0.2, 0.25) is 0 Å². The predicted molar refractivity (Wildman–Crippen MR) is 100.0 cm³/mol. The van der Waals surface area contributed by atoms with Crippen molar-refractivity contribution in [1.29, 1.82) is 0 Å². The van der Waals surface area contributed by atoms with Crippen molar-refractivity contribution in [2.75, 3.05) is 18.6 Å². The summed E-state index contributed by atoms with van der Waals surface area (Å²) in [5.41, 5.74) is 2.99. The molecule has 0 radical (unpaired) electrons. The summed E-state index contributed by atoms with van der Waals surface area (Å²) in [7, 11) is 1.58. The van der Waals surface area contributed by atoms with Gasteiger partial charge in [0.05, 0.1) is 12.4 Å². The second-order valence-electron chi connectivity index (χ2n) is 6.47. The van der Waals surface area contributed by atoms with Gasteiger partial charge in [-0.25, -0.2) is 4.98 Å². The molecule has 1 aliphatic heterocycles. The highest BCUT2D eigenvalue weighted by molar-refractivity contribution is 5.98. The Kier molecular flexibility index (Phi) is 4.54. The third-order valence-electron chi connectivity index (χ3n) is 4.91. The molecule has 0 N–H and O–H groups in total.